The summed E-state index contributed by atoms with van der Waals surface area (Å²) in [5.74, 6) is -1.18. The Morgan fingerprint density at radius 3 is 2.38 bits per heavy atom. The van der Waals surface area contributed by atoms with Crippen LogP contribution in [0.2, 0.25) is 0 Å². The summed E-state index contributed by atoms with van der Waals surface area (Å²) >= 11 is 0.998. The maximum Gasteiger partial charge on any atom is 0.416 e. The van der Waals surface area contributed by atoms with Crippen LogP contribution in [0.3, 0.4) is 0 Å². The number of nitrogens with zero attached hydrogens (tertiary/aromatic N) is 2. The van der Waals surface area contributed by atoms with Crippen LogP contribution in [0, 0.1) is 6.92 Å². The summed E-state index contributed by atoms with van der Waals surface area (Å²) < 4.78 is 41.5. The van der Waals surface area contributed by atoms with E-state index in [0.29, 0.717) is 11.4 Å². The monoisotopic (exact) mass is 492 g/mol. The van der Waals surface area contributed by atoms with E-state index in [4.69, 9.17) is 0 Å². The molecule has 34 heavy (non-hydrogen) atoms. The molecule has 0 saturated carbocycles. The number of hydrogen-bond acceptors (Lipinski definition) is 4. The van der Waals surface area contributed by atoms with Crippen molar-refractivity contribution in [3.05, 3.63) is 76.2 Å². The summed E-state index contributed by atoms with van der Waals surface area (Å²) in [5.41, 5.74) is 0.0919. The minimum atomic E-state index is -4.52. The summed E-state index contributed by atoms with van der Waals surface area (Å²) in [4.78, 5) is 37.7. The van der Waals surface area contributed by atoms with Gasteiger partial charge >= 0.3 is 6.18 Å². The zero-order chi connectivity index (χ0) is 25.0. The molecule has 1 aromatic heterocycles. The molecule has 0 radical (unpaired) electrons. The van der Waals surface area contributed by atoms with Crippen LogP contribution >= 0.6 is 11.8 Å². The molecule has 0 aliphatic heterocycles. The van der Waals surface area contributed by atoms with Crippen molar-refractivity contribution in [1.29, 1.82) is 0 Å². The van der Waals surface area contributed by atoms with Crippen molar-refractivity contribution >= 4 is 35.0 Å². The van der Waals surface area contributed by atoms with Crippen molar-refractivity contribution < 1.29 is 22.8 Å². The van der Waals surface area contributed by atoms with Gasteiger partial charge in [0, 0.05) is 12.7 Å². The number of halogens is 3. The molecule has 2 N–H and O–H groups in total. The number of carbonyl (C=O) groups is 2. The van der Waals surface area contributed by atoms with Crippen LogP contribution in [0.5, 0.6) is 0 Å². The Bertz CT molecular complexity index is 1250. The lowest BCUT2D eigenvalue weighted by Gasteiger charge is -2.12. The van der Waals surface area contributed by atoms with E-state index in [2.05, 4.69) is 10.6 Å². The number of thioether (sulfide) groups is 1. The van der Waals surface area contributed by atoms with Crippen LogP contribution in [-0.4, -0.2) is 32.2 Å². The number of benzene rings is 2. The van der Waals surface area contributed by atoms with Crippen molar-refractivity contribution in [2.24, 2.45) is 7.05 Å². The minimum absolute atomic E-state index is 0.0129. The van der Waals surface area contributed by atoms with E-state index in [0.717, 1.165) is 23.9 Å². The van der Waals surface area contributed by atoms with Crippen LogP contribution in [0.1, 0.15) is 18.2 Å². The number of para-hydroxylation sites is 1. The third-order valence-electron chi connectivity index (χ3n) is 5.11. The van der Waals surface area contributed by atoms with Gasteiger partial charge in [-0.2, -0.15) is 13.2 Å². The fourth-order valence-electron chi connectivity index (χ4n) is 3.18. The van der Waals surface area contributed by atoms with Gasteiger partial charge in [0.15, 0.2) is 0 Å². The molecule has 180 valence electrons. The molecule has 3 rings (SSSR count). The molecular weight excluding hydrogens is 469 g/mol. The molecule has 7 nitrogen and oxygen atoms in total. The first kappa shape index (κ1) is 25.2. The summed E-state index contributed by atoms with van der Waals surface area (Å²) in [6.45, 7) is 3.28. The van der Waals surface area contributed by atoms with E-state index in [9.17, 15) is 27.6 Å². The quantitative estimate of drug-likeness (QED) is 0.518. The van der Waals surface area contributed by atoms with E-state index < -0.39 is 28.8 Å². The zero-order valence-electron chi connectivity index (χ0n) is 18.6. The van der Waals surface area contributed by atoms with Gasteiger partial charge in [-0.15, -0.1) is 11.8 Å². The number of carbonyl (C=O) groups excluding carboxylic acids is 2. The van der Waals surface area contributed by atoms with Gasteiger partial charge in [0.1, 0.15) is 5.69 Å². The first-order chi connectivity index (χ1) is 16.0. The third-order valence-corrected chi connectivity index (χ3v) is 6.25. The summed E-state index contributed by atoms with van der Waals surface area (Å²) in [6, 6.07) is 13.3. The number of rotatable bonds is 7. The lowest BCUT2D eigenvalue weighted by atomic mass is 10.2. The number of aromatic nitrogens is 2. The molecule has 0 saturated heterocycles. The second-order valence-electron chi connectivity index (χ2n) is 7.51. The number of hydrogen-bond donors (Lipinski definition) is 2. The molecule has 1 heterocycles. The van der Waals surface area contributed by atoms with Gasteiger partial charge < -0.3 is 10.6 Å². The fraction of sp³-hybridized carbons (Fsp3) is 0.261. The smallest absolute Gasteiger partial charge is 0.325 e. The fourth-order valence-corrected chi connectivity index (χ4v) is 3.87. The molecule has 2 aromatic carbocycles. The maximum absolute atomic E-state index is 12.9. The highest BCUT2D eigenvalue weighted by Crippen LogP contribution is 2.30. The summed E-state index contributed by atoms with van der Waals surface area (Å²) in [6.07, 6.45) is -4.52. The number of anilines is 2. The van der Waals surface area contributed by atoms with Crippen molar-refractivity contribution in [2.75, 3.05) is 16.4 Å². The molecule has 1 unspecified atom stereocenters. The lowest BCUT2D eigenvalue weighted by molar-refractivity contribution is -0.137. The Morgan fingerprint density at radius 2 is 1.74 bits per heavy atom. The SMILES string of the molecule is Cc1c(NC(=O)C(C)SCC(=O)Nc2cccc(C(F)(F)F)c2)c(=O)n(-c2ccccc2)n1C. The average molecular weight is 493 g/mol. The van der Waals surface area contributed by atoms with Gasteiger partial charge in [-0.1, -0.05) is 24.3 Å². The van der Waals surface area contributed by atoms with Gasteiger partial charge in [-0.05, 0) is 44.2 Å². The zero-order valence-corrected chi connectivity index (χ0v) is 19.5. The van der Waals surface area contributed by atoms with Gasteiger partial charge in [0.25, 0.3) is 5.56 Å². The van der Waals surface area contributed by atoms with Crippen molar-refractivity contribution in [1.82, 2.24) is 9.36 Å². The van der Waals surface area contributed by atoms with Crippen molar-refractivity contribution in [3.63, 3.8) is 0 Å². The van der Waals surface area contributed by atoms with Gasteiger partial charge in [0.05, 0.1) is 27.9 Å². The second-order valence-corrected chi connectivity index (χ2v) is 8.83. The highest BCUT2D eigenvalue weighted by atomic mass is 32.2. The Hall–Kier alpha value is -3.47. The topological polar surface area (TPSA) is 85.1 Å². The molecule has 11 heteroatoms. The van der Waals surface area contributed by atoms with E-state index in [-0.39, 0.29) is 22.7 Å². The van der Waals surface area contributed by atoms with Crippen LogP contribution < -0.4 is 16.2 Å². The highest BCUT2D eigenvalue weighted by molar-refractivity contribution is 8.01. The largest absolute Gasteiger partial charge is 0.416 e. The van der Waals surface area contributed by atoms with E-state index in [1.54, 1.807) is 49.8 Å². The first-order valence-electron chi connectivity index (χ1n) is 10.2. The van der Waals surface area contributed by atoms with Crippen LogP contribution in [-0.2, 0) is 22.8 Å². The molecule has 0 aliphatic rings. The third kappa shape index (κ3) is 5.71. The predicted molar refractivity (Wildman–Crippen MR) is 126 cm³/mol. The molecule has 3 aromatic rings. The number of alkyl halides is 3. The van der Waals surface area contributed by atoms with E-state index >= 15 is 0 Å². The summed E-state index contributed by atoms with van der Waals surface area (Å²) in [5, 5.41) is 4.34. The molecule has 0 spiro atoms. The Labute approximate surface area is 197 Å². The lowest BCUT2D eigenvalue weighted by Crippen LogP contribution is -2.28. The van der Waals surface area contributed by atoms with Crippen LogP contribution in [0.15, 0.2) is 59.4 Å². The Kier molecular flexibility index (Phi) is 7.55. The number of nitrogens with one attached hydrogen (secondary N) is 2. The van der Waals surface area contributed by atoms with Gasteiger partial charge in [0.2, 0.25) is 11.8 Å². The standard InChI is InChI=1S/C23H23F3N4O3S/c1-14-20(22(33)30(29(14)3)18-10-5-4-6-11-18)28-21(32)15(2)34-13-19(31)27-17-9-7-8-16(12-17)23(24,25)26/h4-12,15H,13H2,1-3H3,(H,27,31)(H,28,32). The molecule has 0 fully saturated rings. The van der Waals surface area contributed by atoms with Crippen molar-refractivity contribution in [3.8, 4) is 5.69 Å². The summed E-state index contributed by atoms with van der Waals surface area (Å²) in [7, 11) is 1.70. The van der Waals surface area contributed by atoms with Crippen molar-refractivity contribution in [2.45, 2.75) is 25.3 Å². The number of amides is 2. The molecule has 0 bridgehead atoms. The molecule has 1 atom stereocenters. The maximum atomic E-state index is 12.9. The first-order valence-corrected chi connectivity index (χ1v) is 11.3. The molecule has 2 amide bonds. The predicted octanol–water partition coefficient (Wildman–Crippen LogP) is 4.20. The second kappa shape index (κ2) is 10.2. The van der Waals surface area contributed by atoms with Crippen LogP contribution in [0.4, 0.5) is 24.5 Å². The normalized spacial score (nSPS) is 12.3. The highest BCUT2D eigenvalue weighted by Gasteiger charge is 2.30. The van der Waals surface area contributed by atoms with Gasteiger partial charge in [-0.25, -0.2) is 4.68 Å². The molecular formula is C23H23F3N4O3S. The molecule has 0 aliphatic carbocycles. The Balaban J connectivity index is 1.62. The minimum Gasteiger partial charge on any atom is -0.325 e. The Morgan fingerprint density at radius 1 is 1.06 bits per heavy atom. The average Bonchev–Trinajstić information content (AvgIpc) is 3.00. The van der Waals surface area contributed by atoms with Crippen LogP contribution in [0.25, 0.3) is 5.69 Å². The van der Waals surface area contributed by atoms with E-state index in [1.807, 2.05) is 6.07 Å². The van der Waals surface area contributed by atoms with E-state index in [1.165, 1.54) is 16.8 Å². The van der Waals surface area contributed by atoms with Gasteiger partial charge in [-0.3, -0.25) is 19.1 Å².